The van der Waals surface area contributed by atoms with Crippen LogP contribution in [0.2, 0.25) is 5.28 Å². The summed E-state index contributed by atoms with van der Waals surface area (Å²) >= 11 is 5.77. The third kappa shape index (κ3) is 3.77. The van der Waals surface area contributed by atoms with E-state index in [2.05, 4.69) is 15.0 Å². The van der Waals surface area contributed by atoms with Crippen molar-refractivity contribution in [1.29, 1.82) is 0 Å². The van der Waals surface area contributed by atoms with E-state index >= 15 is 0 Å². The number of aromatic nitrogens is 3. The van der Waals surface area contributed by atoms with E-state index in [9.17, 15) is 4.39 Å². The molecule has 7 heteroatoms. The van der Waals surface area contributed by atoms with Crippen molar-refractivity contribution in [3.63, 3.8) is 0 Å². The van der Waals surface area contributed by atoms with E-state index in [1.165, 1.54) is 18.2 Å². The smallest absolute Gasteiger partial charge is 0.329 e. The van der Waals surface area contributed by atoms with Gasteiger partial charge >= 0.3 is 12.0 Å². The molecule has 0 atom stereocenters. The van der Waals surface area contributed by atoms with Gasteiger partial charge in [0.05, 0.1) is 6.10 Å². The van der Waals surface area contributed by atoms with Crippen LogP contribution in [-0.4, -0.2) is 21.1 Å². The summed E-state index contributed by atoms with van der Waals surface area (Å²) in [4.78, 5) is 11.6. The maximum absolute atomic E-state index is 13.2. The molecule has 0 saturated carbocycles. The summed E-state index contributed by atoms with van der Waals surface area (Å²) in [6.45, 7) is 5.30. The number of ether oxygens (including phenoxy) is 2. The molecule has 1 aromatic heterocycles. The average Bonchev–Trinajstić information content (AvgIpc) is 2.32. The van der Waals surface area contributed by atoms with Crippen molar-refractivity contribution in [1.82, 2.24) is 15.0 Å². The number of benzene rings is 1. The molecule has 0 amide bonds. The van der Waals surface area contributed by atoms with Crippen molar-refractivity contribution in [2.45, 2.75) is 26.9 Å². The van der Waals surface area contributed by atoms with Gasteiger partial charge in [0.2, 0.25) is 5.28 Å². The summed E-state index contributed by atoms with van der Waals surface area (Å²) in [6.07, 6.45) is -0.102. The first-order valence-electron chi connectivity index (χ1n) is 5.96. The van der Waals surface area contributed by atoms with Crippen LogP contribution < -0.4 is 9.47 Å². The molecule has 0 aliphatic carbocycles. The predicted octanol–water partition coefficient (Wildman–Crippen LogP) is 3.55. The van der Waals surface area contributed by atoms with E-state index in [4.69, 9.17) is 21.1 Å². The normalized spacial score (nSPS) is 10.7. The zero-order valence-corrected chi connectivity index (χ0v) is 12.0. The van der Waals surface area contributed by atoms with Crippen molar-refractivity contribution in [2.24, 2.45) is 0 Å². The lowest BCUT2D eigenvalue weighted by molar-refractivity contribution is 0.218. The molecule has 5 nitrogen and oxygen atoms in total. The highest BCUT2D eigenvalue weighted by atomic mass is 35.5. The first-order valence-corrected chi connectivity index (χ1v) is 6.34. The maximum Gasteiger partial charge on any atom is 0.329 e. The van der Waals surface area contributed by atoms with Crippen LogP contribution in [0.1, 0.15) is 19.4 Å². The van der Waals surface area contributed by atoms with Gasteiger partial charge in [-0.25, -0.2) is 4.39 Å². The van der Waals surface area contributed by atoms with Crippen molar-refractivity contribution in [3.05, 3.63) is 34.9 Å². The Morgan fingerprint density at radius 1 is 1.15 bits per heavy atom. The van der Waals surface area contributed by atoms with Crippen molar-refractivity contribution < 1.29 is 13.9 Å². The number of halogens is 2. The minimum Gasteiger partial charge on any atom is -0.461 e. The Morgan fingerprint density at radius 3 is 2.50 bits per heavy atom. The lowest BCUT2D eigenvalue weighted by Crippen LogP contribution is -2.09. The van der Waals surface area contributed by atoms with Gasteiger partial charge in [0.15, 0.2) is 0 Å². The molecule has 0 aliphatic heterocycles. The summed E-state index contributed by atoms with van der Waals surface area (Å²) in [5.41, 5.74) is 0.460. The van der Waals surface area contributed by atoms with Gasteiger partial charge < -0.3 is 9.47 Å². The SMILES string of the molecule is Cc1cc(Oc2nc(Cl)nc(OC(C)C)n2)ccc1F. The van der Waals surface area contributed by atoms with Gasteiger partial charge in [0, 0.05) is 0 Å². The highest BCUT2D eigenvalue weighted by molar-refractivity contribution is 6.28. The quantitative estimate of drug-likeness (QED) is 0.863. The van der Waals surface area contributed by atoms with Gasteiger partial charge in [-0.05, 0) is 56.1 Å². The van der Waals surface area contributed by atoms with E-state index in [-0.39, 0.29) is 29.2 Å². The van der Waals surface area contributed by atoms with Crippen LogP contribution in [0.4, 0.5) is 4.39 Å². The number of aryl methyl sites for hydroxylation is 1. The molecule has 0 aliphatic rings. The summed E-state index contributed by atoms with van der Waals surface area (Å²) < 4.78 is 23.9. The Morgan fingerprint density at radius 2 is 1.85 bits per heavy atom. The lowest BCUT2D eigenvalue weighted by Gasteiger charge is -2.09. The molecule has 0 fully saturated rings. The fraction of sp³-hybridized carbons (Fsp3) is 0.308. The fourth-order valence-corrected chi connectivity index (χ4v) is 1.55. The molecule has 20 heavy (non-hydrogen) atoms. The molecule has 0 bridgehead atoms. The molecule has 106 valence electrons. The van der Waals surface area contributed by atoms with Crippen LogP contribution in [-0.2, 0) is 0 Å². The van der Waals surface area contributed by atoms with Crippen LogP contribution in [0.25, 0.3) is 0 Å². The van der Waals surface area contributed by atoms with E-state index in [1.54, 1.807) is 6.92 Å². The van der Waals surface area contributed by atoms with Crippen molar-refractivity contribution >= 4 is 11.6 Å². The molecule has 0 unspecified atom stereocenters. The standard InChI is InChI=1S/C13H13ClFN3O2/c1-7(2)19-12-16-11(14)17-13(18-12)20-9-4-5-10(15)8(3)6-9/h4-7H,1-3H3. The Kier molecular flexibility index (Phi) is 4.34. The number of hydrogen-bond donors (Lipinski definition) is 0. The van der Waals surface area contributed by atoms with Crippen LogP contribution in [0.5, 0.6) is 17.8 Å². The van der Waals surface area contributed by atoms with Crippen LogP contribution >= 0.6 is 11.6 Å². The summed E-state index contributed by atoms with van der Waals surface area (Å²) in [7, 11) is 0. The first-order chi connectivity index (χ1) is 9.44. The molecule has 0 radical (unpaired) electrons. The van der Waals surface area contributed by atoms with Crippen LogP contribution in [0, 0.1) is 12.7 Å². The molecular weight excluding hydrogens is 285 g/mol. The van der Waals surface area contributed by atoms with Gasteiger partial charge in [0.25, 0.3) is 0 Å². The monoisotopic (exact) mass is 297 g/mol. The fourth-order valence-electron chi connectivity index (χ4n) is 1.41. The van der Waals surface area contributed by atoms with Crippen molar-refractivity contribution in [3.8, 4) is 17.8 Å². The Balaban J connectivity index is 2.24. The second-order valence-corrected chi connectivity index (χ2v) is 4.69. The second kappa shape index (κ2) is 6.00. The topological polar surface area (TPSA) is 57.1 Å². The summed E-state index contributed by atoms with van der Waals surface area (Å²) in [6, 6.07) is 4.39. The van der Waals surface area contributed by atoms with Gasteiger partial charge in [-0.2, -0.15) is 9.97 Å². The number of rotatable bonds is 4. The summed E-state index contributed by atoms with van der Waals surface area (Å²) in [5.74, 6) is 0.0940. The van der Waals surface area contributed by atoms with Crippen LogP contribution in [0.15, 0.2) is 18.2 Å². The largest absolute Gasteiger partial charge is 0.461 e. The van der Waals surface area contributed by atoms with Gasteiger partial charge in [-0.1, -0.05) is 0 Å². The van der Waals surface area contributed by atoms with Gasteiger partial charge in [0.1, 0.15) is 11.6 Å². The second-order valence-electron chi connectivity index (χ2n) is 4.35. The van der Waals surface area contributed by atoms with Crippen molar-refractivity contribution in [2.75, 3.05) is 0 Å². The highest BCUT2D eigenvalue weighted by Crippen LogP contribution is 2.22. The Labute approximate surface area is 120 Å². The maximum atomic E-state index is 13.2. The molecular formula is C13H13ClFN3O2. The number of hydrogen-bond acceptors (Lipinski definition) is 5. The lowest BCUT2D eigenvalue weighted by atomic mass is 10.2. The average molecular weight is 298 g/mol. The zero-order valence-electron chi connectivity index (χ0n) is 11.2. The minimum absolute atomic E-state index is 0.00772. The van der Waals surface area contributed by atoms with E-state index in [0.29, 0.717) is 11.3 Å². The highest BCUT2D eigenvalue weighted by Gasteiger charge is 2.10. The molecule has 0 spiro atoms. The molecule has 1 aromatic carbocycles. The third-order valence-electron chi connectivity index (χ3n) is 2.25. The number of nitrogens with zero attached hydrogens (tertiary/aromatic N) is 3. The molecule has 0 N–H and O–H groups in total. The Hall–Kier alpha value is -1.95. The van der Waals surface area contributed by atoms with Gasteiger partial charge in [-0.15, -0.1) is 4.98 Å². The molecule has 1 heterocycles. The molecule has 2 aromatic rings. The minimum atomic E-state index is -0.310. The third-order valence-corrected chi connectivity index (χ3v) is 2.42. The molecule has 2 rings (SSSR count). The van der Waals surface area contributed by atoms with Crippen LogP contribution in [0.3, 0.4) is 0 Å². The summed E-state index contributed by atoms with van der Waals surface area (Å²) in [5, 5.41) is -0.0375. The Bertz CT molecular complexity index is 623. The first kappa shape index (κ1) is 14.5. The van der Waals surface area contributed by atoms with E-state index in [0.717, 1.165) is 0 Å². The predicted molar refractivity (Wildman–Crippen MR) is 71.8 cm³/mol. The zero-order chi connectivity index (χ0) is 14.7. The van der Waals surface area contributed by atoms with E-state index < -0.39 is 0 Å². The van der Waals surface area contributed by atoms with E-state index in [1.807, 2.05) is 13.8 Å². The molecule has 0 saturated heterocycles. The van der Waals surface area contributed by atoms with Gasteiger partial charge in [-0.3, -0.25) is 0 Å².